The van der Waals surface area contributed by atoms with E-state index in [1.54, 1.807) is 41.3 Å². The van der Waals surface area contributed by atoms with Gasteiger partial charge >= 0.3 is 6.03 Å². The van der Waals surface area contributed by atoms with E-state index in [0.29, 0.717) is 47.7 Å². The van der Waals surface area contributed by atoms with E-state index in [0.717, 1.165) is 0 Å². The van der Waals surface area contributed by atoms with Crippen molar-refractivity contribution >= 4 is 46.5 Å². The van der Waals surface area contributed by atoms with Crippen LogP contribution in [0.4, 0.5) is 16.2 Å². The monoisotopic (exact) mass is 421 g/mol. The van der Waals surface area contributed by atoms with Gasteiger partial charge in [-0.2, -0.15) is 0 Å². The van der Waals surface area contributed by atoms with E-state index >= 15 is 0 Å². The van der Waals surface area contributed by atoms with E-state index in [2.05, 4.69) is 10.6 Å². The lowest BCUT2D eigenvalue weighted by Gasteiger charge is -2.22. The number of carbonyl (C=O) groups is 2. The number of benzene rings is 2. The number of hydrogen-bond donors (Lipinski definition) is 2. The highest BCUT2D eigenvalue weighted by molar-refractivity contribution is 6.43. The summed E-state index contributed by atoms with van der Waals surface area (Å²) in [5.41, 5.74) is 1.11. The lowest BCUT2D eigenvalue weighted by Crippen LogP contribution is -2.39. The first-order valence-corrected chi connectivity index (χ1v) is 9.48. The normalized spacial score (nSPS) is 18.1. The summed E-state index contributed by atoms with van der Waals surface area (Å²) in [6.45, 7) is 1.34. The second-order valence-electron chi connectivity index (χ2n) is 6.43. The number of halogens is 2. The third-order valence-electron chi connectivity index (χ3n) is 4.50. The lowest BCUT2D eigenvalue weighted by atomic mass is 10.2. The second kappa shape index (κ2) is 7.77. The molecule has 1 saturated heterocycles. The minimum Gasteiger partial charge on any atom is -0.486 e. The van der Waals surface area contributed by atoms with Gasteiger partial charge in [0.2, 0.25) is 5.91 Å². The van der Waals surface area contributed by atoms with Crippen molar-refractivity contribution in [2.75, 3.05) is 30.0 Å². The number of anilines is 2. The Morgan fingerprint density at radius 2 is 1.89 bits per heavy atom. The fourth-order valence-corrected chi connectivity index (χ4v) is 3.55. The van der Waals surface area contributed by atoms with Gasteiger partial charge in [0.15, 0.2) is 11.5 Å². The van der Waals surface area contributed by atoms with Crippen LogP contribution in [0.25, 0.3) is 0 Å². The van der Waals surface area contributed by atoms with Crippen molar-refractivity contribution in [2.45, 2.75) is 12.5 Å². The van der Waals surface area contributed by atoms with Gasteiger partial charge in [0, 0.05) is 24.7 Å². The number of fused-ring (bicyclic) bond motifs is 1. The molecule has 0 radical (unpaired) electrons. The van der Waals surface area contributed by atoms with Gasteiger partial charge in [-0.1, -0.05) is 29.3 Å². The Bertz CT molecular complexity index is 937. The summed E-state index contributed by atoms with van der Waals surface area (Å²) in [6, 6.07) is 9.55. The van der Waals surface area contributed by atoms with Crippen molar-refractivity contribution in [3.63, 3.8) is 0 Å². The average Bonchev–Trinajstić information content (AvgIpc) is 3.05. The molecule has 9 heteroatoms. The molecule has 2 N–H and O–H groups in total. The number of hydrogen-bond acceptors (Lipinski definition) is 4. The molecule has 2 aromatic rings. The molecule has 0 aliphatic carbocycles. The standard InChI is InChI=1S/C19H17Cl2N3O4/c20-13-2-1-3-14(18(13)21)23-19(26)22-11-8-17(25)24(10-11)12-4-5-15-16(9-12)28-7-6-27-15/h1-5,9,11H,6-8,10H2,(H2,22,23,26). The molecule has 0 aromatic heterocycles. The third-order valence-corrected chi connectivity index (χ3v) is 5.32. The molecule has 4 rings (SSSR count). The molecule has 0 saturated carbocycles. The van der Waals surface area contributed by atoms with Crippen LogP contribution in [0.2, 0.25) is 10.0 Å². The molecule has 1 fully saturated rings. The molecule has 0 spiro atoms. The zero-order chi connectivity index (χ0) is 19.7. The Morgan fingerprint density at radius 3 is 2.71 bits per heavy atom. The number of rotatable bonds is 3. The number of amides is 3. The van der Waals surface area contributed by atoms with E-state index in [-0.39, 0.29) is 23.4 Å². The molecule has 3 amide bonds. The Hall–Kier alpha value is -2.64. The smallest absolute Gasteiger partial charge is 0.319 e. The van der Waals surface area contributed by atoms with E-state index in [1.807, 2.05) is 0 Å². The highest BCUT2D eigenvalue weighted by atomic mass is 35.5. The fourth-order valence-electron chi connectivity index (χ4n) is 3.20. The molecule has 2 heterocycles. The van der Waals surface area contributed by atoms with Crippen LogP contribution in [0.3, 0.4) is 0 Å². The van der Waals surface area contributed by atoms with Crippen LogP contribution >= 0.6 is 23.2 Å². The SMILES string of the molecule is O=C(Nc1cccc(Cl)c1Cl)NC1CC(=O)N(c2ccc3c(c2)OCCO3)C1. The predicted molar refractivity (Wildman–Crippen MR) is 107 cm³/mol. The number of ether oxygens (including phenoxy) is 2. The van der Waals surface area contributed by atoms with Gasteiger partial charge < -0.3 is 25.0 Å². The van der Waals surface area contributed by atoms with E-state index in [4.69, 9.17) is 32.7 Å². The topological polar surface area (TPSA) is 79.9 Å². The van der Waals surface area contributed by atoms with Crippen molar-refractivity contribution in [3.8, 4) is 11.5 Å². The van der Waals surface area contributed by atoms with E-state index in [9.17, 15) is 9.59 Å². The van der Waals surface area contributed by atoms with Crippen molar-refractivity contribution < 1.29 is 19.1 Å². The van der Waals surface area contributed by atoms with Crippen LogP contribution in [0.5, 0.6) is 11.5 Å². The van der Waals surface area contributed by atoms with Crippen molar-refractivity contribution in [3.05, 3.63) is 46.4 Å². The molecular formula is C19H17Cl2N3O4. The molecule has 2 aliphatic rings. The zero-order valence-corrected chi connectivity index (χ0v) is 16.2. The van der Waals surface area contributed by atoms with Crippen molar-refractivity contribution in [2.24, 2.45) is 0 Å². The number of carbonyl (C=O) groups excluding carboxylic acids is 2. The summed E-state index contributed by atoms with van der Waals surface area (Å²) in [5, 5.41) is 6.06. The first-order valence-electron chi connectivity index (χ1n) is 8.73. The summed E-state index contributed by atoms with van der Waals surface area (Å²) in [6.07, 6.45) is 0.200. The highest BCUT2D eigenvalue weighted by Gasteiger charge is 2.32. The van der Waals surface area contributed by atoms with Crippen LogP contribution < -0.4 is 25.0 Å². The summed E-state index contributed by atoms with van der Waals surface area (Å²) in [5.74, 6) is 1.19. The maximum absolute atomic E-state index is 12.4. The van der Waals surface area contributed by atoms with Crippen molar-refractivity contribution in [1.82, 2.24) is 5.32 Å². The maximum atomic E-state index is 12.4. The van der Waals surface area contributed by atoms with Gasteiger partial charge in [-0.05, 0) is 24.3 Å². The summed E-state index contributed by atoms with van der Waals surface area (Å²) in [4.78, 5) is 26.3. The van der Waals surface area contributed by atoms with E-state index in [1.165, 1.54) is 0 Å². The van der Waals surface area contributed by atoms with Gasteiger partial charge in [-0.3, -0.25) is 4.79 Å². The summed E-state index contributed by atoms with van der Waals surface area (Å²) < 4.78 is 11.1. The van der Waals surface area contributed by atoms with E-state index < -0.39 is 6.03 Å². The molecule has 7 nitrogen and oxygen atoms in total. The first kappa shape index (κ1) is 18.7. The molecule has 2 aromatic carbocycles. The fraction of sp³-hybridized carbons (Fsp3) is 0.263. The molecule has 28 heavy (non-hydrogen) atoms. The van der Waals surface area contributed by atoms with Crippen LogP contribution in [0, 0.1) is 0 Å². The minimum absolute atomic E-state index is 0.0808. The van der Waals surface area contributed by atoms with Gasteiger partial charge in [0.05, 0.1) is 21.8 Å². The van der Waals surface area contributed by atoms with Crippen LogP contribution in [0.1, 0.15) is 6.42 Å². The Labute approximate surface area is 171 Å². The van der Waals surface area contributed by atoms with Crippen molar-refractivity contribution in [1.29, 1.82) is 0 Å². The molecule has 1 atom stereocenters. The molecule has 2 aliphatic heterocycles. The Morgan fingerprint density at radius 1 is 1.11 bits per heavy atom. The van der Waals surface area contributed by atoms with Gasteiger partial charge in [-0.25, -0.2) is 4.79 Å². The van der Waals surface area contributed by atoms with Gasteiger partial charge in [0.25, 0.3) is 0 Å². The quantitative estimate of drug-likeness (QED) is 0.791. The average molecular weight is 422 g/mol. The largest absolute Gasteiger partial charge is 0.486 e. The molecule has 0 bridgehead atoms. The minimum atomic E-state index is -0.453. The molecule has 1 unspecified atom stereocenters. The highest BCUT2D eigenvalue weighted by Crippen LogP contribution is 2.35. The summed E-state index contributed by atoms with van der Waals surface area (Å²) in [7, 11) is 0. The third kappa shape index (κ3) is 3.81. The molecular weight excluding hydrogens is 405 g/mol. The predicted octanol–water partition coefficient (Wildman–Crippen LogP) is 3.69. The number of urea groups is 1. The van der Waals surface area contributed by atoms with Gasteiger partial charge in [-0.15, -0.1) is 0 Å². The Kier molecular flexibility index (Phi) is 5.19. The van der Waals surface area contributed by atoms with Crippen LogP contribution in [-0.2, 0) is 4.79 Å². The number of nitrogens with zero attached hydrogens (tertiary/aromatic N) is 1. The summed E-state index contributed by atoms with van der Waals surface area (Å²) >= 11 is 12.0. The Balaban J connectivity index is 1.40. The van der Waals surface area contributed by atoms with Crippen LogP contribution in [-0.4, -0.2) is 37.7 Å². The number of nitrogens with one attached hydrogen (secondary N) is 2. The van der Waals surface area contributed by atoms with Gasteiger partial charge in [0.1, 0.15) is 13.2 Å². The maximum Gasteiger partial charge on any atom is 0.319 e. The second-order valence-corrected chi connectivity index (χ2v) is 7.22. The van der Waals surface area contributed by atoms with Crippen LogP contribution in [0.15, 0.2) is 36.4 Å². The first-order chi connectivity index (χ1) is 13.5. The molecule has 146 valence electrons. The zero-order valence-electron chi connectivity index (χ0n) is 14.7. The lowest BCUT2D eigenvalue weighted by molar-refractivity contribution is -0.117.